The molecule has 1 aromatic rings. The van der Waals surface area contributed by atoms with Gasteiger partial charge in [0.05, 0.1) is 17.6 Å². The highest BCUT2D eigenvalue weighted by atomic mass is 35.5. The third kappa shape index (κ3) is 2.51. The maximum Gasteiger partial charge on any atom is 0.101 e. The Balaban J connectivity index is 3.11. The van der Waals surface area contributed by atoms with Gasteiger partial charge in [0.2, 0.25) is 0 Å². The fourth-order valence-electron chi connectivity index (χ4n) is 1.93. The van der Waals surface area contributed by atoms with Crippen LogP contribution >= 0.6 is 11.6 Å². The van der Waals surface area contributed by atoms with Gasteiger partial charge < -0.3 is 0 Å². The molecular formula is C11H20ClN3. The Morgan fingerprint density at radius 3 is 2.27 bits per heavy atom. The zero-order chi connectivity index (χ0) is 11.4. The summed E-state index contributed by atoms with van der Waals surface area (Å²) in [4.78, 5) is 0. The molecule has 0 bridgehead atoms. The molecule has 0 saturated carbocycles. The Hall–Kier alpha value is -0.570. The molecule has 1 rings (SSSR count). The first-order valence-corrected chi connectivity index (χ1v) is 6.18. The number of alkyl halides is 1. The van der Waals surface area contributed by atoms with Gasteiger partial charge in [0, 0.05) is 0 Å². The second-order valence-corrected chi connectivity index (χ2v) is 4.39. The van der Waals surface area contributed by atoms with E-state index in [0.717, 1.165) is 18.5 Å². The first-order valence-electron chi connectivity index (χ1n) is 5.65. The predicted molar refractivity (Wildman–Crippen MR) is 63.3 cm³/mol. The Kier molecular flexibility index (Phi) is 4.58. The molecule has 0 aliphatic heterocycles. The molecule has 0 N–H and O–H groups in total. The number of rotatable bonds is 5. The zero-order valence-corrected chi connectivity index (χ0v) is 10.8. The molecule has 1 heterocycles. The molecule has 0 saturated heterocycles. The third-order valence-electron chi connectivity index (χ3n) is 2.77. The molecule has 0 atom stereocenters. The average molecular weight is 230 g/mol. The van der Waals surface area contributed by atoms with E-state index >= 15 is 0 Å². The van der Waals surface area contributed by atoms with Crippen LogP contribution in [0.15, 0.2) is 0 Å². The van der Waals surface area contributed by atoms with Gasteiger partial charge in [-0.25, -0.2) is 4.68 Å². The van der Waals surface area contributed by atoms with Crippen molar-refractivity contribution in [2.24, 2.45) is 0 Å². The van der Waals surface area contributed by atoms with Gasteiger partial charge in [-0.2, -0.15) is 0 Å². The zero-order valence-electron chi connectivity index (χ0n) is 10.00. The molecule has 0 aliphatic carbocycles. The van der Waals surface area contributed by atoms with E-state index in [-0.39, 0.29) is 0 Å². The summed E-state index contributed by atoms with van der Waals surface area (Å²) in [6.07, 6.45) is 2.17. The van der Waals surface area contributed by atoms with Crippen molar-refractivity contribution in [3.05, 3.63) is 11.4 Å². The first kappa shape index (κ1) is 12.5. The van der Waals surface area contributed by atoms with Crippen molar-refractivity contribution in [1.82, 2.24) is 15.0 Å². The molecule has 1 aromatic heterocycles. The smallest absolute Gasteiger partial charge is 0.101 e. The van der Waals surface area contributed by atoms with E-state index in [2.05, 4.69) is 42.7 Å². The van der Waals surface area contributed by atoms with Crippen molar-refractivity contribution in [1.29, 1.82) is 0 Å². The largest absolute Gasteiger partial charge is 0.246 e. The van der Waals surface area contributed by atoms with E-state index in [4.69, 9.17) is 11.6 Å². The molecular weight excluding hydrogens is 210 g/mol. The first-order chi connectivity index (χ1) is 7.15. The minimum absolute atomic E-state index is 0.425. The monoisotopic (exact) mass is 229 g/mol. The van der Waals surface area contributed by atoms with Gasteiger partial charge in [-0.1, -0.05) is 32.9 Å². The lowest BCUT2D eigenvalue weighted by atomic mass is 10.1. The van der Waals surface area contributed by atoms with E-state index in [9.17, 15) is 0 Å². The third-order valence-corrected chi connectivity index (χ3v) is 3.02. The summed E-state index contributed by atoms with van der Waals surface area (Å²) in [5.74, 6) is 0.877. The van der Waals surface area contributed by atoms with Crippen molar-refractivity contribution < 1.29 is 0 Å². The van der Waals surface area contributed by atoms with E-state index in [1.807, 2.05) is 0 Å². The average Bonchev–Trinajstić information content (AvgIpc) is 2.63. The van der Waals surface area contributed by atoms with Gasteiger partial charge in [0.1, 0.15) is 5.69 Å². The van der Waals surface area contributed by atoms with Crippen LogP contribution in [0.3, 0.4) is 0 Å². The molecule has 3 nitrogen and oxygen atoms in total. The van der Waals surface area contributed by atoms with Crippen LogP contribution in [0.25, 0.3) is 0 Å². The molecule has 0 aliphatic rings. The van der Waals surface area contributed by atoms with E-state index < -0.39 is 0 Å². The van der Waals surface area contributed by atoms with Crippen LogP contribution in [0, 0.1) is 0 Å². The van der Waals surface area contributed by atoms with Crippen molar-refractivity contribution in [3.63, 3.8) is 0 Å². The van der Waals surface area contributed by atoms with E-state index in [1.165, 1.54) is 5.69 Å². The lowest BCUT2D eigenvalue weighted by Crippen LogP contribution is -2.13. The minimum Gasteiger partial charge on any atom is -0.246 e. The molecule has 0 spiro atoms. The molecule has 0 radical (unpaired) electrons. The maximum atomic E-state index is 5.86. The SMILES string of the molecule is CCC(CC)n1nnc(CCl)c1C(C)C. The molecule has 0 unspecified atom stereocenters. The summed E-state index contributed by atoms with van der Waals surface area (Å²) < 4.78 is 2.06. The van der Waals surface area contributed by atoms with Crippen LogP contribution in [0.1, 0.15) is 63.9 Å². The van der Waals surface area contributed by atoms with E-state index in [1.54, 1.807) is 0 Å². The van der Waals surface area contributed by atoms with Gasteiger partial charge in [0.15, 0.2) is 0 Å². The van der Waals surface area contributed by atoms with Crippen LogP contribution in [0.4, 0.5) is 0 Å². The maximum absolute atomic E-state index is 5.86. The van der Waals surface area contributed by atoms with Crippen molar-refractivity contribution in [2.45, 2.75) is 58.4 Å². The number of hydrogen-bond acceptors (Lipinski definition) is 2. The minimum atomic E-state index is 0.425. The second-order valence-electron chi connectivity index (χ2n) is 4.12. The summed E-state index contributed by atoms with van der Waals surface area (Å²) in [5.41, 5.74) is 2.12. The molecule has 0 aromatic carbocycles. The Morgan fingerprint density at radius 2 is 1.87 bits per heavy atom. The topological polar surface area (TPSA) is 30.7 Å². The fourth-order valence-corrected chi connectivity index (χ4v) is 2.12. The highest BCUT2D eigenvalue weighted by Gasteiger charge is 2.19. The van der Waals surface area contributed by atoms with Crippen molar-refractivity contribution >= 4 is 11.6 Å². The second kappa shape index (κ2) is 5.50. The van der Waals surface area contributed by atoms with Crippen LogP contribution in [-0.4, -0.2) is 15.0 Å². The van der Waals surface area contributed by atoms with Gasteiger partial charge >= 0.3 is 0 Å². The van der Waals surface area contributed by atoms with Crippen LogP contribution in [0.2, 0.25) is 0 Å². The number of hydrogen-bond donors (Lipinski definition) is 0. The Morgan fingerprint density at radius 1 is 1.27 bits per heavy atom. The highest BCUT2D eigenvalue weighted by Crippen LogP contribution is 2.25. The number of aromatic nitrogens is 3. The normalized spacial score (nSPS) is 11.7. The van der Waals surface area contributed by atoms with Crippen LogP contribution in [0.5, 0.6) is 0 Å². The summed E-state index contributed by atoms with van der Waals surface area (Å²) >= 11 is 5.86. The molecule has 4 heteroatoms. The lowest BCUT2D eigenvalue weighted by molar-refractivity contribution is 0.399. The lowest BCUT2D eigenvalue weighted by Gasteiger charge is -2.17. The van der Waals surface area contributed by atoms with Crippen molar-refractivity contribution in [3.8, 4) is 0 Å². The van der Waals surface area contributed by atoms with E-state index in [0.29, 0.717) is 17.8 Å². The fraction of sp³-hybridized carbons (Fsp3) is 0.818. The summed E-state index contributed by atoms with van der Waals surface area (Å²) in [7, 11) is 0. The Bertz CT molecular complexity index is 303. The predicted octanol–water partition coefficient (Wildman–Crippen LogP) is 3.50. The molecule has 86 valence electrons. The molecule has 0 fully saturated rings. The standard InChI is InChI=1S/C11H20ClN3/c1-5-9(6-2)15-11(8(3)4)10(7-12)13-14-15/h8-9H,5-7H2,1-4H3. The summed E-state index contributed by atoms with van der Waals surface area (Å²) in [5, 5.41) is 8.39. The Labute approximate surface area is 96.8 Å². The van der Waals surface area contributed by atoms with Gasteiger partial charge in [-0.05, 0) is 18.8 Å². The van der Waals surface area contributed by atoms with Crippen LogP contribution in [-0.2, 0) is 5.88 Å². The van der Waals surface area contributed by atoms with Gasteiger partial charge in [0.25, 0.3) is 0 Å². The van der Waals surface area contributed by atoms with Crippen molar-refractivity contribution in [2.75, 3.05) is 0 Å². The highest BCUT2D eigenvalue weighted by molar-refractivity contribution is 6.16. The quantitative estimate of drug-likeness (QED) is 0.724. The van der Waals surface area contributed by atoms with Gasteiger partial charge in [-0.3, -0.25) is 0 Å². The summed E-state index contributed by atoms with van der Waals surface area (Å²) in [6, 6.07) is 0.451. The molecule has 0 amide bonds. The number of halogens is 1. The molecule has 15 heavy (non-hydrogen) atoms. The van der Waals surface area contributed by atoms with Gasteiger partial charge in [-0.15, -0.1) is 16.7 Å². The number of nitrogens with zero attached hydrogens (tertiary/aromatic N) is 3. The summed E-state index contributed by atoms with van der Waals surface area (Å²) in [6.45, 7) is 8.68. The van der Waals surface area contributed by atoms with Crippen LogP contribution < -0.4 is 0 Å².